The number of anilines is 3. The molecule has 0 amide bonds. The van der Waals surface area contributed by atoms with Crippen molar-refractivity contribution in [2.75, 3.05) is 29.5 Å². The Hall–Kier alpha value is -1.16. The Morgan fingerprint density at radius 3 is 2.55 bits per heavy atom. The fourth-order valence-corrected chi connectivity index (χ4v) is 3.93. The van der Waals surface area contributed by atoms with Crippen LogP contribution in [0.2, 0.25) is 5.02 Å². The van der Waals surface area contributed by atoms with Crippen LogP contribution in [0, 0.1) is 17.7 Å². The van der Waals surface area contributed by atoms with Crippen molar-refractivity contribution < 1.29 is 4.39 Å². The van der Waals surface area contributed by atoms with E-state index in [-0.39, 0.29) is 10.7 Å². The van der Waals surface area contributed by atoms with E-state index in [9.17, 15) is 4.39 Å². The molecule has 1 aliphatic carbocycles. The van der Waals surface area contributed by atoms with Crippen molar-refractivity contribution in [2.24, 2.45) is 11.8 Å². The largest absolute Gasteiger partial charge is 0.397 e. The summed E-state index contributed by atoms with van der Waals surface area (Å²) >= 11 is 5.93. The lowest BCUT2D eigenvalue weighted by Crippen LogP contribution is -2.42. The van der Waals surface area contributed by atoms with Gasteiger partial charge in [-0.05, 0) is 30.7 Å². The maximum Gasteiger partial charge on any atom is 0.169 e. The van der Waals surface area contributed by atoms with Crippen molar-refractivity contribution >= 4 is 28.7 Å². The summed E-state index contributed by atoms with van der Waals surface area (Å²) in [5.41, 5.74) is 12.7. The number of fused-ring (bicyclic) bond motifs is 1. The van der Waals surface area contributed by atoms with Gasteiger partial charge in [0, 0.05) is 13.1 Å². The van der Waals surface area contributed by atoms with Crippen LogP contribution in [0.3, 0.4) is 0 Å². The third-order valence-electron chi connectivity index (χ3n) is 4.85. The minimum Gasteiger partial charge on any atom is -0.397 e. The molecule has 2 unspecified atom stereocenters. The zero-order valence-electron chi connectivity index (χ0n) is 11.5. The van der Waals surface area contributed by atoms with E-state index in [2.05, 4.69) is 4.90 Å². The number of piperidine rings is 1. The lowest BCUT2D eigenvalue weighted by Gasteiger charge is -2.42. The van der Waals surface area contributed by atoms with Gasteiger partial charge >= 0.3 is 0 Å². The monoisotopic (exact) mass is 297 g/mol. The molecule has 1 heterocycles. The van der Waals surface area contributed by atoms with Crippen molar-refractivity contribution in [2.45, 2.75) is 32.1 Å². The molecule has 110 valence electrons. The average Bonchev–Trinajstić information content (AvgIpc) is 2.45. The highest BCUT2D eigenvalue weighted by atomic mass is 35.5. The van der Waals surface area contributed by atoms with E-state index >= 15 is 0 Å². The molecule has 1 aromatic rings. The summed E-state index contributed by atoms with van der Waals surface area (Å²) in [6.07, 6.45) is 6.30. The Morgan fingerprint density at radius 1 is 1.10 bits per heavy atom. The fourth-order valence-electron chi connectivity index (χ4n) is 3.78. The van der Waals surface area contributed by atoms with E-state index in [0.29, 0.717) is 17.3 Å². The van der Waals surface area contributed by atoms with Crippen LogP contribution in [-0.4, -0.2) is 13.1 Å². The first-order valence-electron chi connectivity index (χ1n) is 7.36. The molecule has 1 aromatic carbocycles. The first-order chi connectivity index (χ1) is 9.58. The number of hydrogen-bond acceptors (Lipinski definition) is 3. The highest BCUT2D eigenvalue weighted by molar-refractivity contribution is 6.33. The van der Waals surface area contributed by atoms with Crippen LogP contribution in [0.5, 0.6) is 0 Å². The Morgan fingerprint density at radius 2 is 1.80 bits per heavy atom. The minimum atomic E-state index is -0.474. The average molecular weight is 298 g/mol. The van der Waals surface area contributed by atoms with Crippen molar-refractivity contribution in [3.8, 4) is 0 Å². The van der Waals surface area contributed by atoms with E-state index < -0.39 is 5.82 Å². The van der Waals surface area contributed by atoms with Gasteiger partial charge in [-0.3, -0.25) is 0 Å². The number of nitrogen functional groups attached to an aromatic ring is 2. The standard InChI is InChI=1S/C15H21ClFN3/c16-13-11(18)7-12(19)15(14(13)17)20-6-5-9-3-1-2-4-10(9)8-20/h7,9-10H,1-6,8,18-19H2. The maximum atomic E-state index is 14.4. The maximum absolute atomic E-state index is 14.4. The summed E-state index contributed by atoms with van der Waals surface area (Å²) in [6.45, 7) is 1.73. The van der Waals surface area contributed by atoms with Crippen LogP contribution in [0.4, 0.5) is 21.5 Å². The first kappa shape index (κ1) is 13.8. The third kappa shape index (κ3) is 2.30. The van der Waals surface area contributed by atoms with Crippen LogP contribution >= 0.6 is 11.6 Å². The van der Waals surface area contributed by atoms with E-state index in [1.807, 2.05) is 0 Å². The molecule has 4 N–H and O–H groups in total. The molecular formula is C15H21ClFN3. The lowest BCUT2D eigenvalue weighted by molar-refractivity contribution is 0.202. The van der Waals surface area contributed by atoms with Gasteiger partial charge in [0.15, 0.2) is 5.82 Å². The summed E-state index contributed by atoms with van der Waals surface area (Å²) in [5, 5.41) is -0.0139. The first-order valence-corrected chi connectivity index (χ1v) is 7.73. The van der Waals surface area contributed by atoms with Crippen molar-refractivity contribution in [3.05, 3.63) is 16.9 Å². The molecule has 2 atom stereocenters. The smallest absolute Gasteiger partial charge is 0.169 e. The molecule has 2 fully saturated rings. The molecule has 3 nitrogen and oxygen atoms in total. The van der Waals surface area contributed by atoms with E-state index in [1.54, 1.807) is 6.07 Å². The van der Waals surface area contributed by atoms with Gasteiger partial charge in [0.2, 0.25) is 0 Å². The number of hydrogen-bond donors (Lipinski definition) is 2. The molecule has 5 heteroatoms. The number of halogens is 2. The van der Waals surface area contributed by atoms with E-state index in [1.165, 1.54) is 25.7 Å². The van der Waals surface area contributed by atoms with Gasteiger partial charge in [0.05, 0.1) is 17.1 Å². The van der Waals surface area contributed by atoms with Crippen LogP contribution in [0.25, 0.3) is 0 Å². The van der Waals surface area contributed by atoms with Crippen molar-refractivity contribution in [1.82, 2.24) is 0 Å². The molecule has 0 radical (unpaired) electrons. The second kappa shape index (κ2) is 5.32. The minimum absolute atomic E-state index is 0.0139. The summed E-state index contributed by atoms with van der Waals surface area (Å²) in [7, 11) is 0. The quantitative estimate of drug-likeness (QED) is 0.778. The fraction of sp³-hybridized carbons (Fsp3) is 0.600. The van der Waals surface area contributed by atoms with Gasteiger partial charge in [-0.2, -0.15) is 0 Å². The number of nitrogens with two attached hydrogens (primary N) is 2. The molecule has 3 rings (SSSR count). The second-order valence-corrected chi connectivity index (χ2v) is 6.45. The highest BCUT2D eigenvalue weighted by Gasteiger charge is 2.33. The summed E-state index contributed by atoms with van der Waals surface area (Å²) in [4.78, 5) is 2.06. The SMILES string of the molecule is Nc1cc(N)c(N2CCC3CCCCC3C2)c(F)c1Cl. The topological polar surface area (TPSA) is 55.3 Å². The zero-order chi connectivity index (χ0) is 14.3. The normalized spacial score (nSPS) is 26.4. The Balaban J connectivity index is 1.88. The van der Waals surface area contributed by atoms with Gasteiger partial charge in [-0.25, -0.2) is 4.39 Å². The van der Waals surface area contributed by atoms with Gasteiger partial charge in [-0.1, -0.05) is 30.9 Å². The molecule has 2 aliphatic rings. The Bertz CT molecular complexity index is 520. The molecule has 0 aromatic heterocycles. The van der Waals surface area contributed by atoms with Gasteiger partial charge < -0.3 is 16.4 Å². The number of nitrogens with zero attached hydrogens (tertiary/aromatic N) is 1. The van der Waals surface area contributed by atoms with Crippen LogP contribution in [0.1, 0.15) is 32.1 Å². The summed E-state index contributed by atoms with van der Waals surface area (Å²) in [6, 6.07) is 1.56. The lowest BCUT2D eigenvalue weighted by atomic mass is 9.75. The Kier molecular flexibility index (Phi) is 3.67. The van der Waals surface area contributed by atoms with Crippen molar-refractivity contribution in [3.63, 3.8) is 0 Å². The summed E-state index contributed by atoms with van der Waals surface area (Å²) < 4.78 is 14.4. The molecule has 1 saturated carbocycles. The zero-order valence-corrected chi connectivity index (χ0v) is 12.3. The molecule has 1 aliphatic heterocycles. The van der Waals surface area contributed by atoms with E-state index in [4.69, 9.17) is 23.1 Å². The number of rotatable bonds is 1. The molecule has 0 spiro atoms. The second-order valence-electron chi connectivity index (χ2n) is 6.07. The predicted octanol–water partition coefficient (Wildman–Crippen LogP) is 3.66. The Labute approximate surface area is 124 Å². The summed E-state index contributed by atoms with van der Waals surface area (Å²) in [5.74, 6) is 0.986. The molecule has 1 saturated heterocycles. The van der Waals surface area contributed by atoms with Crippen LogP contribution in [-0.2, 0) is 0 Å². The van der Waals surface area contributed by atoms with Crippen molar-refractivity contribution in [1.29, 1.82) is 0 Å². The predicted molar refractivity (Wildman–Crippen MR) is 82.5 cm³/mol. The molecule has 0 bridgehead atoms. The van der Waals surface area contributed by atoms with Gasteiger partial charge in [0.25, 0.3) is 0 Å². The molecular weight excluding hydrogens is 277 g/mol. The number of benzene rings is 1. The van der Waals surface area contributed by atoms with Crippen LogP contribution < -0.4 is 16.4 Å². The molecule has 20 heavy (non-hydrogen) atoms. The van der Waals surface area contributed by atoms with Gasteiger partial charge in [0.1, 0.15) is 5.02 Å². The van der Waals surface area contributed by atoms with Crippen LogP contribution in [0.15, 0.2) is 6.07 Å². The third-order valence-corrected chi connectivity index (χ3v) is 5.23. The highest BCUT2D eigenvalue weighted by Crippen LogP contribution is 2.41. The van der Waals surface area contributed by atoms with E-state index in [0.717, 1.165) is 25.4 Å². The van der Waals surface area contributed by atoms with Gasteiger partial charge in [-0.15, -0.1) is 0 Å².